The highest BCUT2D eigenvalue weighted by Gasteiger charge is 2.57. The quantitative estimate of drug-likeness (QED) is 0.216. The summed E-state index contributed by atoms with van der Waals surface area (Å²) in [7, 11) is 0. The van der Waals surface area contributed by atoms with Crippen LogP contribution in [0.25, 0.3) is 5.57 Å². The molecule has 1 aliphatic heterocycles. The van der Waals surface area contributed by atoms with Crippen LogP contribution >= 0.6 is 35.0 Å². The predicted octanol–water partition coefficient (Wildman–Crippen LogP) is 10.7. The number of halogens is 6. The van der Waals surface area contributed by atoms with Crippen molar-refractivity contribution in [2.24, 2.45) is 5.41 Å². The molecule has 1 aliphatic carbocycles. The van der Waals surface area contributed by atoms with E-state index in [2.05, 4.69) is 51.5 Å². The number of hydrogen-bond donors (Lipinski definition) is 0. The van der Waals surface area contributed by atoms with E-state index in [4.69, 9.17) is 23.2 Å². The number of hydrogen-bond acceptors (Lipinski definition) is 2. The summed E-state index contributed by atoms with van der Waals surface area (Å²) >= 11 is 12.5. The van der Waals surface area contributed by atoms with Gasteiger partial charge in [-0.3, -0.25) is 0 Å². The fourth-order valence-corrected chi connectivity index (χ4v) is 7.69. The Hall–Kier alpha value is -1.89. The molecule has 0 aromatic heterocycles. The lowest BCUT2D eigenvalue weighted by Gasteiger charge is -2.51. The van der Waals surface area contributed by atoms with Crippen molar-refractivity contribution in [2.45, 2.75) is 69.7 Å². The van der Waals surface area contributed by atoms with Gasteiger partial charge < -0.3 is 4.90 Å². The van der Waals surface area contributed by atoms with Crippen LogP contribution in [0.1, 0.15) is 69.2 Å². The molecule has 8 heteroatoms. The predicted molar refractivity (Wildman–Crippen MR) is 161 cm³/mol. The Labute approximate surface area is 249 Å². The van der Waals surface area contributed by atoms with Crippen molar-refractivity contribution in [3.05, 3.63) is 98.8 Å². The molecule has 0 saturated carbocycles. The average molecular weight is 613 g/mol. The summed E-state index contributed by atoms with van der Waals surface area (Å²) in [6.07, 6.45) is -2.42. The van der Waals surface area contributed by atoms with Crippen molar-refractivity contribution in [3.8, 4) is 0 Å². The monoisotopic (exact) mass is 611 g/mol. The first-order valence-corrected chi connectivity index (χ1v) is 14.8. The lowest BCUT2D eigenvalue weighted by molar-refractivity contribution is -0.160. The molecule has 1 heterocycles. The van der Waals surface area contributed by atoms with E-state index in [-0.39, 0.29) is 21.3 Å². The zero-order valence-corrected chi connectivity index (χ0v) is 25.7. The number of likely N-dealkylation sites (tertiary alicyclic amines) is 1. The van der Waals surface area contributed by atoms with Crippen LogP contribution < -0.4 is 0 Å². The Morgan fingerprint density at radius 1 is 1.00 bits per heavy atom. The van der Waals surface area contributed by atoms with Gasteiger partial charge in [0.05, 0.1) is 10.0 Å². The second kappa shape index (κ2) is 10.7. The minimum absolute atomic E-state index is 0.0587. The van der Waals surface area contributed by atoms with Gasteiger partial charge in [-0.25, -0.2) is 4.39 Å². The van der Waals surface area contributed by atoms with Gasteiger partial charge in [-0.2, -0.15) is 13.2 Å². The van der Waals surface area contributed by atoms with Crippen LogP contribution in [0.5, 0.6) is 0 Å². The molecule has 0 amide bonds. The number of rotatable bonds is 8. The van der Waals surface area contributed by atoms with Crippen LogP contribution in [0.15, 0.2) is 60.7 Å². The smallest absolute Gasteiger partial charge is 0.373 e. The standard InChI is InChI=1S/C32H35Cl2F4NS/c1-19(2)40-31(32(36,37)38,24-13-26(33)28(35)27(34)14-24)15-20(3)22-8-9-25-23(12-22)10-11-30(25)17-39(18-30)21(4)16-29(5,6)7/h8-9,12-14H,1,3-4,10-11,15-18H2,2,5-7H3. The van der Waals surface area contributed by atoms with Crippen molar-refractivity contribution in [2.75, 3.05) is 13.1 Å². The highest BCUT2D eigenvalue weighted by molar-refractivity contribution is 8.04. The molecule has 1 unspecified atom stereocenters. The van der Waals surface area contributed by atoms with Gasteiger partial charge in [-0.1, -0.05) is 81.9 Å². The minimum atomic E-state index is -4.74. The van der Waals surface area contributed by atoms with Crippen LogP contribution in [0, 0.1) is 11.2 Å². The normalized spacial score (nSPS) is 17.8. The van der Waals surface area contributed by atoms with E-state index in [1.807, 2.05) is 12.1 Å². The Morgan fingerprint density at radius 3 is 2.12 bits per heavy atom. The molecule has 1 atom stereocenters. The fraction of sp³-hybridized carbons (Fsp3) is 0.438. The highest BCUT2D eigenvalue weighted by Crippen LogP contribution is 2.57. The molecule has 1 saturated heterocycles. The van der Waals surface area contributed by atoms with E-state index in [9.17, 15) is 17.6 Å². The van der Waals surface area contributed by atoms with Crippen molar-refractivity contribution in [1.82, 2.24) is 4.90 Å². The summed E-state index contributed by atoms with van der Waals surface area (Å²) in [6.45, 7) is 22.0. The molecular formula is C32H35Cl2F4NS. The molecule has 2 aliphatic rings. The Morgan fingerprint density at radius 2 is 1.60 bits per heavy atom. The number of alkyl halides is 3. The Balaban J connectivity index is 1.62. The van der Waals surface area contributed by atoms with E-state index in [1.54, 1.807) is 0 Å². The third-order valence-electron chi connectivity index (χ3n) is 7.85. The second-order valence-corrected chi connectivity index (χ2v) is 14.9. The zero-order valence-electron chi connectivity index (χ0n) is 23.4. The van der Waals surface area contributed by atoms with Gasteiger partial charge in [0, 0.05) is 30.6 Å². The zero-order chi connectivity index (χ0) is 29.8. The minimum Gasteiger partial charge on any atom is -0.373 e. The van der Waals surface area contributed by atoms with E-state index < -0.39 is 33.2 Å². The maximum atomic E-state index is 14.9. The summed E-state index contributed by atoms with van der Waals surface area (Å²) < 4.78 is 56.5. The van der Waals surface area contributed by atoms with Crippen LogP contribution in [-0.2, 0) is 16.6 Å². The third kappa shape index (κ3) is 5.87. The molecule has 1 nitrogen and oxygen atoms in total. The summed E-state index contributed by atoms with van der Waals surface area (Å²) in [6, 6.07) is 7.91. The van der Waals surface area contributed by atoms with Crippen molar-refractivity contribution < 1.29 is 17.6 Å². The van der Waals surface area contributed by atoms with Gasteiger partial charge in [-0.05, 0) is 76.5 Å². The van der Waals surface area contributed by atoms with E-state index >= 15 is 0 Å². The first-order valence-electron chi connectivity index (χ1n) is 13.2. The number of fused-ring (bicyclic) bond motifs is 2. The molecule has 2 aromatic carbocycles. The van der Waals surface area contributed by atoms with Gasteiger partial charge in [0.15, 0.2) is 5.82 Å². The number of benzene rings is 2. The van der Waals surface area contributed by atoms with E-state index in [1.165, 1.54) is 12.5 Å². The topological polar surface area (TPSA) is 3.24 Å². The molecule has 40 heavy (non-hydrogen) atoms. The molecule has 2 aromatic rings. The molecule has 216 valence electrons. The van der Waals surface area contributed by atoms with Gasteiger partial charge in [0.2, 0.25) is 0 Å². The molecule has 1 spiro atoms. The van der Waals surface area contributed by atoms with E-state index in [0.717, 1.165) is 55.7 Å². The third-order valence-corrected chi connectivity index (χ3v) is 9.70. The number of allylic oxidation sites excluding steroid dienone is 3. The molecule has 4 rings (SSSR count). The Kier molecular flexibility index (Phi) is 8.34. The largest absolute Gasteiger partial charge is 0.407 e. The molecule has 0 N–H and O–H groups in total. The second-order valence-electron chi connectivity index (χ2n) is 12.5. The summed E-state index contributed by atoms with van der Waals surface area (Å²) in [4.78, 5) is 2.60. The molecule has 0 bridgehead atoms. The summed E-state index contributed by atoms with van der Waals surface area (Å²) in [5, 5.41) is -0.932. The maximum absolute atomic E-state index is 14.9. The lowest BCUT2D eigenvalue weighted by Crippen LogP contribution is -2.57. The van der Waals surface area contributed by atoms with Crippen LogP contribution in [0.3, 0.4) is 0 Å². The summed E-state index contributed by atoms with van der Waals surface area (Å²) in [5.41, 5.74) is 4.52. The number of nitrogens with zero attached hydrogens (tertiary/aromatic N) is 1. The van der Waals surface area contributed by atoms with Crippen molar-refractivity contribution >= 4 is 40.5 Å². The molecule has 0 radical (unpaired) electrons. The molecular weight excluding hydrogens is 577 g/mol. The maximum Gasteiger partial charge on any atom is 0.407 e. The average Bonchev–Trinajstić information content (AvgIpc) is 3.17. The first kappa shape index (κ1) is 31.1. The van der Waals surface area contributed by atoms with Gasteiger partial charge in [0.25, 0.3) is 0 Å². The van der Waals surface area contributed by atoms with Gasteiger partial charge in [0.1, 0.15) is 4.75 Å². The fourth-order valence-electron chi connectivity index (χ4n) is 6.01. The van der Waals surface area contributed by atoms with Crippen LogP contribution in [0.4, 0.5) is 17.6 Å². The lowest BCUT2D eigenvalue weighted by atomic mass is 9.73. The van der Waals surface area contributed by atoms with Gasteiger partial charge >= 0.3 is 6.18 Å². The Bertz CT molecular complexity index is 1340. The van der Waals surface area contributed by atoms with Gasteiger partial charge in [-0.15, -0.1) is 11.8 Å². The van der Waals surface area contributed by atoms with Crippen molar-refractivity contribution in [1.29, 1.82) is 0 Å². The number of thioether (sulfide) groups is 1. The first-order chi connectivity index (χ1) is 18.4. The van der Waals surface area contributed by atoms with Crippen LogP contribution in [0.2, 0.25) is 10.0 Å². The summed E-state index contributed by atoms with van der Waals surface area (Å²) in [5.74, 6) is -0.952. The van der Waals surface area contributed by atoms with E-state index in [0.29, 0.717) is 22.9 Å². The number of aryl methyl sites for hydroxylation is 1. The van der Waals surface area contributed by atoms with Crippen molar-refractivity contribution in [3.63, 3.8) is 0 Å². The molecule has 1 fully saturated rings. The SMILES string of the molecule is C=C(C)SC(CC(=C)c1ccc2c(c1)CCC21CN(C(=C)CC(C)(C)C)C1)(c1cc(Cl)c(F)c(Cl)c1)C(F)(F)F. The highest BCUT2D eigenvalue weighted by atomic mass is 35.5. The van der Waals surface area contributed by atoms with Crippen LogP contribution in [-0.4, -0.2) is 24.2 Å².